The molecule has 0 atom stereocenters. The number of nitrogens with zero attached hydrogens (tertiary/aromatic N) is 3. The molecule has 8 heteroatoms. The van der Waals surface area contributed by atoms with Crippen molar-refractivity contribution in [2.45, 2.75) is 44.7 Å². The molecule has 1 aliphatic carbocycles. The van der Waals surface area contributed by atoms with Crippen molar-refractivity contribution < 1.29 is 0 Å². The standard InChI is InChI=1S/C32H38Cl2N6/c1-40(2)31-27-9-5-6-10-29(27)38-32(39-31)37-26-14-11-22(12-15-26)20-35-18-17-23-7-3-4-8-24(23)21-36-30-16-13-25(33)19-28(30)34/h3-10,13,16,19,22,26,35-36H,11-12,14-15,17-18,20-21H2,1-2H3,(H,37,38,39). The van der Waals surface area contributed by atoms with Crippen LogP contribution in [0.2, 0.25) is 10.0 Å². The van der Waals surface area contributed by atoms with Crippen LogP contribution in [-0.4, -0.2) is 43.2 Å². The topological polar surface area (TPSA) is 65.1 Å². The minimum absolute atomic E-state index is 0.418. The first-order valence-corrected chi connectivity index (χ1v) is 14.9. The largest absolute Gasteiger partial charge is 0.380 e. The van der Waals surface area contributed by atoms with Crippen LogP contribution in [0, 0.1) is 5.92 Å². The summed E-state index contributed by atoms with van der Waals surface area (Å²) in [6.07, 6.45) is 5.70. The summed E-state index contributed by atoms with van der Waals surface area (Å²) in [5.74, 6) is 2.39. The normalized spacial score (nSPS) is 17.1. The fraction of sp³-hybridized carbons (Fsp3) is 0.375. The molecule has 4 aromatic rings. The van der Waals surface area contributed by atoms with Crippen molar-refractivity contribution in [3.8, 4) is 0 Å². The minimum atomic E-state index is 0.418. The van der Waals surface area contributed by atoms with Crippen molar-refractivity contribution in [3.63, 3.8) is 0 Å². The molecule has 3 aromatic carbocycles. The lowest BCUT2D eigenvalue weighted by molar-refractivity contribution is 0.325. The number of benzene rings is 3. The Morgan fingerprint density at radius 1 is 0.875 bits per heavy atom. The van der Waals surface area contributed by atoms with Crippen LogP contribution in [0.15, 0.2) is 66.7 Å². The lowest BCUT2D eigenvalue weighted by Gasteiger charge is -2.29. The number of nitrogens with one attached hydrogen (secondary N) is 3. The van der Waals surface area contributed by atoms with Crippen LogP contribution in [0.4, 0.5) is 17.5 Å². The molecule has 1 fully saturated rings. The Morgan fingerprint density at radius 2 is 1.62 bits per heavy atom. The Morgan fingerprint density at radius 3 is 2.40 bits per heavy atom. The lowest BCUT2D eigenvalue weighted by atomic mass is 9.86. The molecule has 0 aliphatic heterocycles. The van der Waals surface area contributed by atoms with Gasteiger partial charge in [0, 0.05) is 37.1 Å². The fourth-order valence-corrected chi connectivity index (χ4v) is 5.96. The Hall–Kier alpha value is -3.06. The van der Waals surface area contributed by atoms with Crippen molar-refractivity contribution in [1.82, 2.24) is 15.3 Å². The number of aromatic nitrogens is 2. The van der Waals surface area contributed by atoms with Crippen LogP contribution < -0.4 is 20.9 Å². The van der Waals surface area contributed by atoms with Gasteiger partial charge < -0.3 is 20.9 Å². The molecule has 1 aliphatic rings. The molecule has 0 spiro atoms. The molecule has 6 nitrogen and oxygen atoms in total. The molecule has 1 aromatic heterocycles. The smallest absolute Gasteiger partial charge is 0.225 e. The highest BCUT2D eigenvalue weighted by Gasteiger charge is 2.22. The molecule has 0 radical (unpaired) electrons. The molecule has 40 heavy (non-hydrogen) atoms. The summed E-state index contributed by atoms with van der Waals surface area (Å²) in [5, 5.41) is 13.2. The SMILES string of the molecule is CN(C)c1nc(NC2CCC(CNCCc3ccccc3CNc3ccc(Cl)cc3Cl)CC2)nc2ccccc12. The third-order valence-corrected chi connectivity index (χ3v) is 8.26. The predicted molar refractivity (Wildman–Crippen MR) is 170 cm³/mol. The Kier molecular flexibility index (Phi) is 9.63. The van der Waals surface area contributed by atoms with E-state index in [9.17, 15) is 0 Å². The minimum Gasteiger partial charge on any atom is -0.380 e. The molecule has 1 saturated carbocycles. The van der Waals surface area contributed by atoms with Crippen LogP contribution in [0.1, 0.15) is 36.8 Å². The second-order valence-corrected chi connectivity index (χ2v) is 11.7. The van der Waals surface area contributed by atoms with Gasteiger partial charge in [-0.3, -0.25) is 0 Å². The number of para-hydroxylation sites is 1. The van der Waals surface area contributed by atoms with Gasteiger partial charge in [0.25, 0.3) is 0 Å². The van der Waals surface area contributed by atoms with E-state index in [1.165, 1.54) is 24.0 Å². The highest BCUT2D eigenvalue weighted by molar-refractivity contribution is 6.36. The van der Waals surface area contributed by atoms with E-state index < -0.39 is 0 Å². The summed E-state index contributed by atoms with van der Waals surface area (Å²) in [6.45, 7) is 2.76. The lowest BCUT2D eigenvalue weighted by Crippen LogP contribution is -2.32. The molecule has 0 amide bonds. The highest BCUT2D eigenvalue weighted by Crippen LogP contribution is 2.29. The summed E-state index contributed by atoms with van der Waals surface area (Å²) in [5.41, 5.74) is 4.52. The fourth-order valence-electron chi connectivity index (χ4n) is 5.49. The highest BCUT2D eigenvalue weighted by atomic mass is 35.5. The third-order valence-electron chi connectivity index (χ3n) is 7.71. The Balaban J connectivity index is 1.06. The summed E-state index contributed by atoms with van der Waals surface area (Å²) in [4.78, 5) is 11.7. The average Bonchev–Trinajstić information content (AvgIpc) is 2.96. The van der Waals surface area contributed by atoms with Crippen molar-refractivity contribution in [3.05, 3.63) is 87.9 Å². The summed E-state index contributed by atoms with van der Waals surface area (Å²) in [6, 6.07) is 22.8. The number of anilines is 3. The van der Waals surface area contributed by atoms with Crippen molar-refractivity contribution in [1.29, 1.82) is 0 Å². The molecule has 0 bridgehead atoms. The van der Waals surface area contributed by atoms with E-state index >= 15 is 0 Å². The van der Waals surface area contributed by atoms with Gasteiger partial charge in [0.2, 0.25) is 5.95 Å². The van der Waals surface area contributed by atoms with E-state index in [0.29, 0.717) is 22.0 Å². The van der Waals surface area contributed by atoms with Gasteiger partial charge >= 0.3 is 0 Å². The van der Waals surface area contributed by atoms with Crippen LogP contribution in [-0.2, 0) is 13.0 Å². The third kappa shape index (κ3) is 7.36. The second-order valence-electron chi connectivity index (χ2n) is 10.8. The van der Waals surface area contributed by atoms with E-state index in [1.807, 2.05) is 38.4 Å². The number of rotatable bonds is 11. The summed E-state index contributed by atoms with van der Waals surface area (Å²) < 4.78 is 0. The number of fused-ring (bicyclic) bond motifs is 1. The monoisotopic (exact) mass is 576 g/mol. The van der Waals surface area contributed by atoms with Crippen molar-refractivity contribution >= 4 is 51.6 Å². The predicted octanol–water partition coefficient (Wildman–Crippen LogP) is 7.42. The Bertz CT molecular complexity index is 1420. The van der Waals surface area contributed by atoms with Gasteiger partial charge in [-0.1, -0.05) is 59.6 Å². The van der Waals surface area contributed by atoms with Gasteiger partial charge in [-0.15, -0.1) is 0 Å². The molecule has 0 saturated heterocycles. The zero-order valence-corrected chi connectivity index (χ0v) is 24.8. The first-order valence-electron chi connectivity index (χ1n) is 14.1. The molecule has 5 rings (SSSR count). The zero-order chi connectivity index (χ0) is 27.9. The van der Waals surface area contributed by atoms with Gasteiger partial charge in [0.1, 0.15) is 5.82 Å². The number of hydrogen-bond acceptors (Lipinski definition) is 6. The van der Waals surface area contributed by atoms with Gasteiger partial charge in [0.15, 0.2) is 0 Å². The van der Waals surface area contributed by atoms with Gasteiger partial charge in [0.05, 0.1) is 16.2 Å². The maximum atomic E-state index is 6.33. The van der Waals surface area contributed by atoms with Gasteiger partial charge in [-0.2, -0.15) is 4.98 Å². The van der Waals surface area contributed by atoms with Crippen LogP contribution in [0.5, 0.6) is 0 Å². The van der Waals surface area contributed by atoms with E-state index in [4.69, 9.17) is 33.2 Å². The van der Waals surface area contributed by atoms with E-state index in [1.54, 1.807) is 6.07 Å². The van der Waals surface area contributed by atoms with Crippen LogP contribution in [0.3, 0.4) is 0 Å². The number of hydrogen-bond donors (Lipinski definition) is 3. The molecular weight excluding hydrogens is 539 g/mol. The summed E-state index contributed by atoms with van der Waals surface area (Å²) >= 11 is 12.4. The quantitative estimate of drug-likeness (QED) is 0.161. The second kappa shape index (κ2) is 13.5. The van der Waals surface area contributed by atoms with Crippen molar-refractivity contribution in [2.24, 2.45) is 5.92 Å². The van der Waals surface area contributed by atoms with E-state index in [0.717, 1.165) is 67.3 Å². The first-order chi connectivity index (χ1) is 19.5. The maximum absolute atomic E-state index is 6.33. The summed E-state index contributed by atoms with van der Waals surface area (Å²) in [7, 11) is 4.06. The number of halogens is 2. The zero-order valence-electron chi connectivity index (χ0n) is 23.3. The molecular formula is C32H38Cl2N6. The molecule has 1 heterocycles. The first kappa shape index (κ1) is 28.5. The maximum Gasteiger partial charge on any atom is 0.225 e. The molecule has 3 N–H and O–H groups in total. The van der Waals surface area contributed by atoms with E-state index in [-0.39, 0.29) is 0 Å². The van der Waals surface area contributed by atoms with Gasteiger partial charge in [-0.05, 0) is 92.6 Å². The average molecular weight is 578 g/mol. The van der Waals surface area contributed by atoms with Crippen LogP contribution >= 0.6 is 23.2 Å². The Labute approximate surface area is 247 Å². The van der Waals surface area contributed by atoms with E-state index in [2.05, 4.69) is 57.2 Å². The molecule has 0 unspecified atom stereocenters. The van der Waals surface area contributed by atoms with Crippen molar-refractivity contribution in [2.75, 3.05) is 42.7 Å². The van der Waals surface area contributed by atoms with Gasteiger partial charge in [-0.25, -0.2) is 4.98 Å². The van der Waals surface area contributed by atoms with Crippen LogP contribution in [0.25, 0.3) is 10.9 Å². The molecule has 210 valence electrons.